The van der Waals surface area contributed by atoms with Gasteiger partial charge in [-0.15, -0.1) is 0 Å². The summed E-state index contributed by atoms with van der Waals surface area (Å²) in [6, 6.07) is 11.4. The summed E-state index contributed by atoms with van der Waals surface area (Å²) in [5.41, 5.74) is -0.997. The van der Waals surface area contributed by atoms with Gasteiger partial charge in [0, 0.05) is 24.2 Å². The van der Waals surface area contributed by atoms with Crippen LogP contribution in [0.2, 0.25) is 0 Å². The number of aromatic nitrogens is 4. The molecule has 0 aliphatic rings. The number of pyridine rings is 1. The van der Waals surface area contributed by atoms with Crippen molar-refractivity contribution < 1.29 is 18.0 Å². The standard InChI is InChI=1S/C21H16F3N5O2/c1-13-10-17(30)19(27-29(13)16-7-3-2-6-15(16)21(22,23)24)20(31)25-11-14-12-28-9-5-4-8-18(28)26-14/h2-10,12H,11H2,1H3,(H,25,31). The number of fused-ring (bicyclic) bond motifs is 1. The molecule has 0 aliphatic heterocycles. The second-order valence-corrected chi connectivity index (χ2v) is 6.81. The van der Waals surface area contributed by atoms with E-state index in [1.807, 2.05) is 12.1 Å². The predicted molar refractivity (Wildman–Crippen MR) is 106 cm³/mol. The molecule has 3 aromatic heterocycles. The van der Waals surface area contributed by atoms with Crippen LogP contribution >= 0.6 is 0 Å². The SMILES string of the molecule is Cc1cc(=O)c(C(=O)NCc2cn3ccccc3n2)nn1-c1ccccc1C(F)(F)F. The molecule has 1 aromatic carbocycles. The molecule has 0 atom stereocenters. The Balaban J connectivity index is 1.65. The second kappa shape index (κ2) is 7.71. The number of hydrogen-bond donors (Lipinski definition) is 1. The molecule has 31 heavy (non-hydrogen) atoms. The predicted octanol–water partition coefficient (Wildman–Crippen LogP) is 3.14. The Hall–Kier alpha value is -3.95. The van der Waals surface area contributed by atoms with E-state index in [-0.39, 0.29) is 17.9 Å². The average molecular weight is 427 g/mol. The fourth-order valence-corrected chi connectivity index (χ4v) is 3.17. The summed E-state index contributed by atoms with van der Waals surface area (Å²) < 4.78 is 42.9. The Morgan fingerprint density at radius 3 is 2.61 bits per heavy atom. The molecule has 4 aromatic rings. The summed E-state index contributed by atoms with van der Waals surface area (Å²) >= 11 is 0. The van der Waals surface area contributed by atoms with Gasteiger partial charge in [-0.25, -0.2) is 9.67 Å². The topological polar surface area (TPSA) is 81.3 Å². The van der Waals surface area contributed by atoms with Crippen molar-refractivity contribution in [1.82, 2.24) is 24.5 Å². The van der Waals surface area contributed by atoms with Crippen molar-refractivity contribution in [1.29, 1.82) is 0 Å². The van der Waals surface area contributed by atoms with E-state index in [9.17, 15) is 22.8 Å². The molecule has 0 saturated carbocycles. The van der Waals surface area contributed by atoms with Gasteiger partial charge >= 0.3 is 6.18 Å². The van der Waals surface area contributed by atoms with Crippen LogP contribution in [0.3, 0.4) is 0 Å². The molecular weight excluding hydrogens is 411 g/mol. The van der Waals surface area contributed by atoms with Crippen LogP contribution in [-0.2, 0) is 12.7 Å². The molecule has 0 unspecified atom stereocenters. The normalized spacial score (nSPS) is 11.6. The molecule has 0 fully saturated rings. The number of nitrogens with one attached hydrogen (secondary N) is 1. The van der Waals surface area contributed by atoms with Crippen LogP contribution < -0.4 is 10.7 Å². The van der Waals surface area contributed by atoms with Gasteiger partial charge < -0.3 is 9.72 Å². The van der Waals surface area contributed by atoms with Gasteiger partial charge in [0.25, 0.3) is 5.91 Å². The summed E-state index contributed by atoms with van der Waals surface area (Å²) in [7, 11) is 0. The maximum atomic E-state index is 13.4. The summed E-state index contributed by atoms with van der Waals surface area (Å²) in [5, 5.41) is 6.48. The first-order valence-electron chi connectivity index (χ1n) is 9.22. The number of carbonyl (C=O) groups excluding carboxylic acids is 1. The van der Waals surface area contributed by atoms with Crippen LogP contribution in [0.15, 0.2) is 65.7 Å². The molecule has 7 nitrogen and oxygen atoms in total. The number of alkyl halides is 3. The number of para-hydroxylation sites is 1. The van der Waals surface area contributed by atoms with Crippen LogP contribution in [0.5, 0.6) is 0 Å². The van der Waals surface area contributed by atoms with E-state index in [1.165, 1.54) is 25.1 Å². The molecule has 10 heteroatoms. The van der Waals surface area contributed by atoms with E-state index < -0.39 is 28.8 Å². The number of aryl methyl sites for hydroxylation is 1. The van der Waals surface area contributed by atoms with E-state index in [4.69, 9.17) is 0 Å². The maximum absolute atomic E-state index is 13.4. The van der Waals surface area contributed by atoms with Crippen LogP contribution in [0.4, 0.5) is 13.2 Å². The highest BCUT2D eigenvalue weighted by Crippen LogP contribution is 2.33. The lowest BCUT2D eigenvalue weighted by molar-refractivity contribution is -0.137. The van der Waals surface area contributed by atoms with Gasteiger partial charge in [0.05, 0.1) is 23.5 Å². The molecule has 0 radical (unpaired) electrons. The smallest absolute Gasteiger partial charge is 0.345 e. The highest BCUT2D eigenvalue weighted by molar-refractivity contribution is 5.92. The Morgan fingerprint density at radius 1 is 1.13 bits per heavy atom. The van der Waals surface area contributed by atoms with Crippen LogP contribution in [0, 0.1) is 6.92 Å². The Bertz CT molecular complexity index is 1310. The molecule has 1 N–H and O–H groups in total. The molecular formula is C21H16F3N5O2. The molecule has 3 heterocycles. The van der Waals surface area contributed by atoms with E-state index in [1.54, 1.807) is 22.9 Å². The van der Waals surface area contributed by atoms with Crippen molar-refractivity contribution in [2.24, 2.45) is 0 Å². The molecule has 158 valence electrons. The van der Waals surface area contributed by atoms with Gasteiger partial charge in [0.1, 0.15) is 5.65 Å². The number of hydrogen-bond acceptors (Lipinski definition) is 4. The van der Waals surface area contributed by atoms with E-state index >= 15 is 0 Å². The number of carbonyl (C=O) groups is 1. The molecule has 0 spiro atoms. The van der Waals surface area contributed by atoms with Crippen molar-refractivity contribution in [3.8, 4) is 5.69 Å². The lowest BCUT2D eigenvalue weighted by Crippen LogP contribution is -2.32. The summed E-state index contributed by atoms with van der Waals surface area (Å²) in [6.07, 6.45) is -1.11. The van der Waals surface area contributed by atoms with Gasteiger partial charge in [0.2, 0.25) is 5.43 Å². The largest absolute Gasteiger partial charge is 0.418 e. The first-order chi connectivity index (χ1) is 14.7. The van der Waals surface area contributed by atoms with Crippen molar-refractivity contribution in [2.45, 2.75) is 19.6 Å². The number of imidazole rings is 1. The zero-order valence-corrected chi connectivity index (χ0v) is 16.2. The maximum Gasteiger partial charge on any atom is 0.418 e. The molecule has 0 bridgehead atoms. The number of rotatable bonds is 4. The van der Waals surface area contributed by atoms with Crippen LogP contribution in [0.25, 0.3) is 11.3 Å². The monoisotopic (exact) mass is 427 g/mol. The minimum Gasteiger partial charge on any atom is -0.345 e. The van der Waals surface area contributed by atoms with Crippen molar-refractivity contribution in [3.63, 3.8) is 0 Å². The summed E-state index contributed by atoms with van der Waals surface area (Å²) in [6.45, 7) is 1.47. The average Bonchev–Trinajstić information content (AvgIpc) is 3.14. The highest BCUT2D eigenvalue weighted by Gasteiger charge is 2.34. The van der Waals surface area contributed by atoms with Crippen LogP contribution in [0.1, 0.15) is 27.4 Å². The molecule has 0 aliphatic carbocycles. The zero-order valence-electron chi connectivity index (χ0n) is 16.2. The first-order valence-corrected chi connectivity index (χ1v) is 9.22. The number of halogens is 3. The third kappa shape index (κ3) is 4.04. The quantitative estimate of drug-likeness (QED) is 0.543. The fourth-order valence-electron chi connectivity index (χ4n) is 3.17. The van der Waals surface area contributed by atoms with Gasteiger partial charge in [-0.05, 0) is 31.2 Å². The van der Waals surface area contributed by atoms with Gasteiger partial charge in [0.15, 0.2) is 5.69 Å². The van der Waals surface area contributed by atoms with Gasteiger partial charge in [-0.1, -0.05) is 18.2 Å². The van der Waals surface area contributed by atoms with Crippen molar-refractivity contribution in [2.75, 3.05) is 0 Å². The van der Waals surface area contributed by atoms with Crippen molar-refractivity contribution in [3.05, 3.63) is 93.8 Å². The molecule has 1 amide bonds. The third-order valence-corrected chi connectivity index (χ3v) is 4.60. The van der Waals surface area contributed by atoms with Gasteiger partial charge in [-0.3, -0.25) is 9.59 Å². The van der Waals surface area contributed by atoms with Gasteiger partial charge in [-0.2, -0.15) is 18.3 Å². The van der Waals surface area contributed by atoms with E-state index in [0.29, 0.717) is 11.3 Å². The Kier molecular flexibility index (Phi) is 5.05. The molecule has 4 rings (SSSR count). The zero-order chi connectivity index (χ0) is 22.2. The summed E-state index contributed by atoms with van der Waals surface area (Å²) in [4.78, 5) is 29.2. The highest BCUT2D eigenvalue weighted by atomic mass is 19.4. The lowest BCUT2D eigenvalue weighted by Gasteiger charge is -2.16. The van der Waals surface area contributed by atoms with Crippen LogP contribution in [-0.4, -0.2) is 25.1 Å². The number of amides is 1. The van der Waals surface area contributed by atoms with Crippen molar-refractivity contribution >= 4 is 11.6 Å². The Morgan fingerprint density at radius 2 is 1.87 bits per heavy atom. The fraction of sp³-hybridized carbons (Fsp3) is 0.143. The third-order valence-electron chi connectivity index (χ3n) is 4.60. The number of nitrogens with zero attached hydrogens (tertiary/aromatic N) is 4. The minimum atomic E-state index is -4.63. The summed E-state index contributed by atoms with van der Waals surface area (Å²) in [5.74, 6) is -0.805. The Labute approximate surface area is 173 Å². The van der Waals surface area contributed by atoms with E-state index in [2.05, 4.69) is 15.4 Å². The second-order valence-electron chi connectivity index (χ2n) is 6.81. The van der Waals surface area contributed by atoms with E-state index in [0.717, 1.165) is 16.8 Å². The number of benzene rings is 1. The first kappa shape index (κ1) is 20.3. The molecule has 0 saturated heterocycles. The lowest BCUT2D eigenvalue weighted by atomic mass is 10.1. The minimum absolute atomic E-state index is 0.0225.